The second-order valence-electron chi connectivity index (χ2n) is 4.12. The summed E-state index contributed by atoms with van der Waals surface area (Å²) in [6, 6.07) is 6.78. The van der Waals surface area contributed by atoms with Crippen molar-refractivity contribution >= 4 is 0 Å². The molecule has 0 saturated heterocycles. The number of nitriles is 1. The van der Waals surface area contributed by atoms with E-state index in [9.17, 15) is 13.2 Å². The highest BCUT2D eigenvalue weighted by Gasteiger charge is 2.34. The number of hydrogen-bond acceptors (Lipinski definition) is 3. The Morgan fingerprint density at radius 2 is 1.94 bits per heavy atom. The molecule has 18 heavy (non-hydrogen) atoms. The van der Waals surface area contributed by atoms with Crippen LogP contribution >= 0.6 is 0 Å². The van der Waals surface area contributed by atoms with E-state index < -0.39 is 17.3 Å². The maximum absolute atomic E-state index is 12.6. The fourth-order valence-electron chi connectivity index (χ4n) is 1.26. The van der Waals surface area contributed by atoms with Gasteiger partial charge in [-0.25, -0.2) is 0 Å². The van der Waals surface area contributed by atoms with Crippen LogP contribution in [0.15, 0.2) is 24.3 Å². The summed E-state index contributed by atoms with van der Waals surface area (Å²) >= 11 is 0. The Morgan fingerprint density at radius 3 is 2.50 bits per heavy atom. The molecular formula is C12H13F3N2O. The van der Waals surface area contributed by atoms with Crippen LogP contribution in [0.5, 0.6) is 5.75 Å². The van der Waals surface area contributed by atoms with E-state index in [1.54, 1.807) is 0 Å². The monoisotopic (exact) mass is 258 g/mol. The van der Waals surface area contributed by atoms with E-state index >= 15 is 0 Å². The Kier molecular flexibility index (Phi) is 4.19. The molecule has 1 aromatic rings. The molecule has 6 heteroatoms. The number of rotatable bonds is 4. The van der Waals surface area contributed by atoms with E-state index in [1.807, 2.05) is 6.07 Å². The number of nitrogens with zero attached hydrogens (tertiary/aromatic N) is 1. The van der Waals surface area contributed by atoms with Gasteiger partial charge < -0.3 is 10.5 Å². The van der Waals surface area contributed by atoms with Gasteiger partial charge in [0.1, 0.15) is 11.3 Å². The van der Waals surface area contributed by atoms with E-state index in [0.717, 1.165) is 6.07 Å². The van der Waals surface area contributed by atoms with Crippen molar-refractivity contribution in [3.05, 3.63) is 29.8 Å². The molecule has 1 aromatic carbocycles. The predicted octanol–water partition coefficient (Wildman–Crippen LogP) is 2.72. The van der Waals surface area contributed by atoms with Gasteiger partial charge in [-0.1, -0.05) is 12.1 Å². The van der Waals surface area contributed by atoms with Crippen molar-refractivity contribution in [2.75, 3.05) is 6.61 Å². The zero-order valence-corrected chi connectivity index (χ0v) is 9.79. The van der Waals surface area contributed by atoms with Crippen molar-refractivity contribution in [3.63, 3.8) is 0 Å². The topological polar surface area (TPSA) is 59.0 Å². The Bertz CT molecular complexity index is 449. The van der Waals surface area contributed by atoms with Gasteiger partial charge in [0.15, 0.2) is 0 Å². The molecule has 0 bridgehead atoms. The van der Waals surface area contributed by atoms with Crippen LogP contribution in [-0.4, -0.2) is 12.1 Å². The highest BCUT2D eigenvalue weighted by atomic mass is 19.4. The van der Waals surface area contributed by atoms with Gasteiger partial charge in [-0.2, -0.15) is 18.4 Å². The molecule has 2 N–H and O–H groups in total. The minimum Gasteiger partial charge on any atom is -0.493 e. The molecule has 1 atom stereocenters. The molecule has 0 heterocycles. The van der Waals surface area contributed by atoms with Gasteiger partial charge in [-0.3, -0.25) is 0 Å². The predicted molar refractivity (Wildman–Crippen MR) is 59.8 cm³/mol. The van der Waals surface area contributed by atoms with Crippen LogP contribution in [0.2, 0.25) is 0 Å². The minimum absolute atomic E-state index is 0.0480. The molecule has 0 aliphatic rings. The molecule has 0 spiro atoms. The number of nitrogens with two attached hydrogens (primary N) is 1. The van der Waals surface area contributed by atoms with Crippen LogP contribution in [0, 0.1) is 11.3 Å². The molecule has 0 radical (unpaired) electrons. The van der Waals surface area contributed by atoms with Crippen molar-refractivity contribution in [1.82, 2.24) is 0 Å². The molecule has 1 unspecified atom stereocenters. The quantitative estimate of drug-likeness (QED) is 0.903. The third kappa shape index (κ3) is 3.93. The number of benzene rings is 1. The summed E-state index contributed by atoms with van der Waals surface area (Å²) in [7, 11) is 0. The van der Waals surface area contributed by atoms with Crippen LogP contribution in [0.1, 0.15) is 18.9 Å². The third-order valence-electron chi connectivity index (χ3n) is 2.33. The first-order chi connectivity index (χ1) is 8.26. The highest BCUT2D eigenvalue weighted by Crippen LogP contribution is 2.35. The second-order valence-corrected chi connectivity index (χ2v) is 4.12. The van der Waals surface area contributed by atoms with E-state index in [-0.39, 0.29) is 18.8 Å². The minimum atomic E-state index is -4.46. The zero-order valence-electron chi connectivity index (χ0n) is 9.79. The maximum Gasteiger partial charge on any atom is 0.419 e. The number of ether oxygens (including phenoxy) is 1. The van der Waals surface area contributed by atoms with Crippen molar-refractivity contribution in [3.8, 4) is 11.8 Å². The molecule has 98 valence electrons. The Labute approximate surface area is 103 Å². The fourth-order valence-corrected chi connectivity index (χ4v) is 1.26. The molecule has 1 rings (SSSR count). The number of para-hydroxylation sites is 1. The van der Waals surface area contributed by atoms with Crippen LogP contribution in [-0.2, 0) is 6.18 Å². The Balaban J connectivity index is 2.72. The number of halogens is 3. The van der Waals surface area contributed by atoms with Gasteiger partial charge in [-0.05, 0) is 19.1 Å². The summed E-state index contributed by atoms with van der Waals surface area (Å²) in [5, 5.41) is 8.66. The lowest BCUT2D eigenvalue weighted by Gasteiger charge is -2.17. The summed E-state index contributed by atoms with van der Waals surface area (Å²) in [4.78, 5) is 0. The van der Waals surface area contributed by atoms with Crippen LogP contribution in [0.4, 0.5) is 13.2 Å². The first-order valence-corrected chi connectivity index (χ1v) is 5.25. The highest BCUT2D eigenvalue weighted by molar-refractivity contribution is 5.35. The van der Waals surface area contributed by atoms with E-state index in [1.165, 1.54) is 25.1 Å². The van der Waals surface area contributed by atoms with Gasteiger partial charge in [0, 0.05) is 6.42 Å². The van der Waals surface area contributed by atoms with E-state index in [2.05, 4.69) is 0 Å². The lowest BCUT2D eigenvalue weighted by atomic mass is 10.0. The molecule has 0 amide bonds. The Hall–Kier alpha value is -1.74. The van der Waals surface area contributed by atoms with Crippen LogP contribution < -0.4 is 10.5 Å². The number of alkyl halides is 3. The van der Waals surface area contributed by atoms with E-state index in [4.69, 9.17) is 15.7 Å². The van der Waals surface area contributed by atoms with Crippen molar-refractivity contribution in [2.45, 2.75) is 25.1 Å². The second kappa shape index (κ2) is 5.27. The van der Waals surface area contributed by atoms with Crippen LogP contribution in [0.25, 0.3) is 0 Å². The third-order valence-corrected chi connectivity index (χ3v) is 2.33. The van der Waals surface area contributed by atoms with Gasteiger partial charge in [0.2, 0.25) is 0 Å². The van der Waals surface area contributed by atoms with Crippen LogP contribution in [0.3, 0.4) is 0 Å². The summed E-state index contributed by atoms with van der Waals surface area (Å²) in [6.07, 6.45) is -4.31. The lowest BCUT2D eigenvalue weighted by molar-refractivity contribution is -0.138. The summed E-state index contributed by atoms with van der Waals surface area (Å²) in [5.74, 6) is -0.251. The van der Waals surface area contributed by atoms with Gasteiger partial charge in [0.25, 0.3) is 0 Å². The average Bonchev–Trinajstić information content (AvgIpc) is 2.28. The summed E-state index contributed by atoms with van der Waals surface area (Å²) < 4.78 is 42.9. The van der Waals surface area contributed by atoms with Gasteiger partial charge in [-0.15, -0.1) is 0 Å². The van der Waals surface area contributed by atoms with Crippen molar-refractivity contribution in [1.29, 1.82) is 5.26 Å². The van der Waals surface area contributed by atoms with E-state index in [0.29, 0.717) is 0 Å². The molecule has 0 aliphatic heterocycles. The largest absolute Gasteiger partial charge is 0.493 e. The molecule has 3 nitrogen and oxygen atoms in total. The molecule has 0 aliphatic carbocycles. The smallest absolute Gasteiger partial charge is 0.419 e. The summed E-state index contributed by atoms with van der Waals surface area (Å²) in [6.45, 7) is 1.44. The molecule has 0 aromatic heterocycles. The average molecular weight is 258 g/mol. The summed E-state index contributed by atoms with van der Waals surface area (Å²) in [5.41, 5.74) is 3.60. The molecular weight excluding hydrogens is 245 g/mol. The maximum atomic E-state index is 12.6. The van der Waals surface area contributed by atoms with Gasteiger partial charge >= 0.3 is 6.18 Å². The SMILES string of the molecule is CC(N)(C#N)CCOc1ccccc1C(F)(F)F. The van der Waals surface area contributed by atoms with Crippen molar-refractivity contribution in [2.24, 2.45) is 5.73 Å². The zero-order chi connectivity index (χ0) is 13.8. The first-order valence-electron chi connectivity index (χ1n) is 5.25. The molecule has 0 fully saturated rings. The lowest BCUT2D eigenvalue weighted by Crippen LogP contribution is -2.35. The fraction of sp³-hybridized carbons (Fsp3) is 0.417. The van der Waals surface area contributed by atoms with Crippen molar-refractivity contribution < 1.29 is 17.9 Å². The van der Waals surface area contributed by atoms with Gasteiger partial charge in [0.05, 0.1) is 18.2 Å². The normalized spacial score (nSPS) is 14.7. The first kappa shape index (κ1) is 14.3. The molecule has 0 saturated carbocycles. The standard InChI is InChI=1S/C12H13F3N2O/c1-11(17,8-16)6-7-18-10-5-3-2-4-9(10)12(13,14)15/h2-5H,6-7,17H2,1H3. The number of hydrogen-bond donors (Lipinski definition) is 1. The Morgan fingerprint density at radius 1 is 1.33 bits per heavy atom.